The van der Waals surface area contributed by atoms with E-state index in [4.69, 9.17) is 25.8 Å². The lowest BCUT2D eigenvalue weighted by Crippen LogP contribution is -2.57. The smallest absolute Gasteiger partial charge is 0.313 e. The first kappa shape index (κ1) is 57.0. The molecule has 5 rings (SSSR count). The van der Waals surface area contributed by atoms with Crippen LogP contribution in [0.1, 0.15) is 110 Å². The van der Waals surface area contributed by atoms with Gasteiger partial charge in [0.05, 0.1) is 36.9 Å². The minimum Gasteiger partial charge on any atom is -0.483 e. The standard InChI is InChI=1S/C57H80N6O9/c1-38(2)28-48(50(65)33-45(30-42-16-12-9-13-17-42)55(68)62-49(29-39(3)4)53(66)57(7)22-23-57)61-54(67)44(20-18-41-14-10-8-11-15-41)32-47(64)36-63(24-26-70-27-25-63)35-43-19-21-51(72-56(69)40(5)6)52(31-43)71-37-46(58)34-60-59/h8-17,19,21,31,34,38-40,44-45,48-49,60H,18,20,22-30,32-33,35-37,58-59H2,1-7H3,(H-,61,62,67,68)/p+1/b46-34-/t44-,45-,48+,49+/m1/s1. The highest BCUT2D eigenvalue weighted by Crippen LogP contribution is 2.47. The Balaban J connectivity index is 1.38. The number of morpholine rings is 1. The number of Topliss-reactive ketones (excluding diaryl/α,β-unsaturated/α-hetero) is 3. The summed E-state index contributed by atoms with van der Waals surface area (Å²) in [6.45, 7) is 15.9. The van der Waals surface area contributed by atoms with Crippen LogP contribution in [0.3, 0.4) is 0 Å². The van der Waals surface area contributed by atoms with Crippen LogP contribution in [0, 0.1) is 35.0 Å². The van der Waals surface area contributed by atoms with Crippen LogP contribution >= 0.6 is 0 Å². The minimum absolute atomic E-state index is 0.0158. The first-order valence-corrected chi connectivity index (χ1v) is 25.9. The highest BCUT2D eigenvalue weighted by molar-refractivity contribution is 5.97. The number of rotatable bonds is 30. The van der Waals surface area contributed by atoms with Crippen molar-refractivity contribution in [2.45, 2.75) is 125 Å². The Kier molecular flexibility index (Phi) is 21.6. The number of hydrazine groups is 1. The molecule has 0 radical (unpaired) electrons. The number of benzene rings is 3. The molecular weight excluding hydrogens is 913 g/mol. The zero-order valence-corrected chi connectivity index (χ0v) is 43.7. The molecule has 2 aliphatic rings. The predicted octanol–water partition coefficient (Wildman–Crippen LogP) is 6.69. The van der Waals surface area contributed by atoms with Crippen LogP contribution in [0.25, 0.3) is 0 Å². The third kappa shape index (κ3) is 18.0. The fraction of sp³-hybridized carbons (Fsp3) is 0.544. The van der Waals surface area contributed by atoms with Gasteiger partial charge in [-0.2, -0.15) is 0 Å². The Labute approximate surface area is 427 Å². The number of aryl methyl sites for hydroxylation is 1. The number of carbonyl (C=O) groups excluding carboxylic acids is 6. The molecule has 3 aromatic rings. The molecule has 2 amide bonds. The summed E-state index contributed by atoms with van der Waals surface area (Å²) in [6, 6.07) is 23.1. The lowest BCUT2D eigenvalue weighted by molar-refractivity contribution is -0.940. The molecule has 2 fully saturated rings. The van der Waals surface area contributed by atoms with Crippen molar-refractivity contribution in [3.05, 3.63) is 107 Å². The number of hydrogen-bond acceptors (Lipinski definition) is 12. The van der Waals surface area contributed by atoms with Gasteiger partial charge in [0.2, 0.25) is 11.8 Å². The van der Waals surface area contributed by atoms with E-state index in [2.05, 4.69) is 16.1 Å². The molecule has 15 heteroatoms. The Morgan fingerprint density at radius 1 is 0.750 bits per heavy atom. The number of nitrogens with zero attached hydrogens (tertiary/aromatic N) is 1. The Morgan fingerprint density at radius 2 is 1.35 bits per heavy atom. The summed E-state index contributed by atoms with van der Waals surface area (Å²) >= 11 is 0. The van der Waals surface area contributed by atoms with E-state index in [0.717, 1.165) is 29.5 Å². The zero-order chi connectivity index (χ0) is 52.4. The van der Waals surface area contributed by atoms with Crippen molar-refractivity contribution in [2.24, 2.45) is 46.6 Å². The number of nitrogens with one attached hydrogen (secondary N) is 3. The summed E-state index contributed by atoms with van der Waals surface area (Å²) in [4.78, 5) is 84.5. The summed E-state index contributed by atoms with van der Waals surface area (Å²) in [6.07, 6.45) is 4.81. The van der Waals surface area contributed by atoms with Gasteiger partial charge in [-0.1, -0.05) is 109 Å². The Bertz CT molecular complexity index is 2310. The molecule has 1 saturated heterocycles. The molecule has 7 N–H and O–H groups in total. The number of carbonyl (C=O) groups is 6. The van der Waals surface area contributed by atoms with E-state index in [0.29, 0.717) is 74.5 Å². The average Bonchev–Trinajstić information content (AvgIpc) is 4.10. The van der Waals surface area contributed by atoms with Gasteiger partial charge >= 0.3 is 5.97 Å². The number of ketones is 3. The summed E-state index contributed by atoms with van der Waals surface area (Å²) in [5.41, 5.74) is 11.0. The van der Waals surface area contributed by atoms with Gasteiger partial charge in [-0.3, -0.25) is 34.6 Å². The second kappa shape index (κ2) is 27.2. The van der Waals surface area contributed by atoms with E-state index in [-0.39, 0.29) is 85.1 Å². The quantitative estimate of drug-likeness (QED) is 0.0155. The maximum absolute atomic E-state index is 14.7. The summed E-state index contributed by atoms with van der Waals surface area (Å²) in [5, 5.41) is 6.18. The summed E-state index contributed by atoms with van der Waals surface area (Å²) in [7, 11) is 0. The monoisotopic (exact) mass is 994 g/mol. The summed E-state index contributed by atoms with van der Waals surface area (Å²) < 4.78 is 17.9. The van der Waals surface area contributed by atoms with Crippen molar-refractivity contribution >= 4 is 35.1 Å². The van der Waals surface area contributed by atoms with Crippen molar-refractivity contribution in [1.82, 2.24) is 16.1 Å². The maximum atomic E-state index is 14.7. The molecule has 392 valence electrons. The van der Waals surface area contributed by atoms with Crippen LogP contribution in [0.5, 0.6) is 11.5 Å². The van der Waals surface area contributed by atoms with Gasteiger partial charge in [0.1, 0.15) is 32.8 Å². The Hall–Kier alpha value is -5.90. The molecule has 3 aromatic carbocycles. The molecule has 1 aliphatic carbocycles. The molecular formula is C57H81N6O9+. The molecule has 1 aliphatic heterocycles. The lowest BCUT2D eigenvalue weighted by Gasteiger charge is -2.41. The molecule has 15 nitrogen and oxygen atoms in total. The normalized spacial score (nSPS) is 16.8. The lowest BCUT2D eigenvalue weighted by atomic mass is 9.87. The number of nitrogens with two attached hydrogens (primary N) is 2. The van der Waals surface area contributed by atoms with Crippen LogP contribution in [0.2, 0.25) is 0 Å². The minimum atomic E-state index is -0.911. The predicted molar refractivity (Wildman–Crippen MR) is 278 cm³/mol. The van der Waals surface area contributed by atoms with Crippen LogP contribution in [-0.2, 0) is 52.9 Å². The highest BCUT2D eigenvalue weighted by Gasteiger charge is 2.48. The van der Waals surface area contributed by atoms with Gasteiger partial charge in [-0.05, 0) is 86.1 Å². The van der Waals surface area contributed by atoms with Crippen molar-refractivity contribution in [3.8, 4) is 11.5 Å². The fourth-order valence-corrected chi connectivity index (χ4v) is 9.32. The molecule has 0 spiro atoms. The van der Waals surface area contributed by atoms with Crippen LogP contribution in [0.4, 0.5) is 0 Å². The maximum Gasteiger partial charge on any atom is 0.313 e. The van der Waals surface area contributed by atoms with Crippen LogP contribution < -0.4 is 37.1 Å². The third-order valence-electron chi connectivity index (χ3n) is 13.8. The topological polar surface area (TPSA) is 218 Å². The SMILES string of the molecule is CC(C)C[C@H](NC(=O)[C@H](CCc1ccccc1)CC(=O)C[N+]1(Cc2ccc(OC(=O)C(C)C)c(OC/C(N)=C/NN)c2)CCOCC1)C(=O)C[C@@H](Cc1ccccc1)C(=O)N[C@@H](CC(C)C)C(=O)C1(C)CC1. The van der Waals surface area contributed by atoms with Gasteiger partial charge in [0.15, 0.2) is 28.8 Å². The largest absolute Gasteiger partial charge is 0.483 e. The molecule has 0 unspecified atom stereocenters. The molecule has 1 saturated carbocycles. The first-order valence-electron chi connectivity index (χ1n) is 25.9. The van der Waals surface area contributed by atoms with Crippen molar-refractivity contribution < 1.29 is 47.5 Å². The van der Waals surface area contributed by atoms with E-state index >= 15 is 0 Å². The number of quaternary nitrogens is 1. The summed E-state index contributed by atoms with van der Waals surface area (Å²) in [5.74, 6) is 2.68. The average molecular weight is 994 g/mol. The van der Waals surface area contributed by atoms with E-state index in [9.17, 15) is 28.8 Å². The van der Waals surface area contributed by atoms with Gasteiger partial charge in [0.25, 0.3) is 0 Å². The van der Waals surface area contributed by atoms with Crippen molar-refractivity contribution in [1.29, 1.82) is 0 Å². The van der Waals surface area contributed by atoms with Crippen molar-refractivity contribution in [3.63, 3.8) is 0 Å². The second-order valence-electron chi connectivity index (χ2n) is 21.6. The third-order valence-corrected chi connectivity index (χ3v) is 13.8. The van der Waals surface area contributed by atoms with Gasteiger partial charge in [0, 0.05) is 41.9 Å². The Morgan fingerprint density at radius 3 is 1.94 bits per heavy atom. The highest BCUT2D eigenvalue weighted by atomic mass is 16.6. The number of ether oxygens (including phenoxy) is 3. The van der Waals surface area contributed by atoms with E-state index < -0.39 is 35.3 Å². The number of hydrogen-bond donors (Lipinski definition) is 5. The number of esters is 1. The van der Waals surface area contributed by atoms with Gasteiger partial charge in [-0.15, -0.1) is 0 Å². The van der Waals surface area contributed by atoms with Gasteiger partial charge < -0.3 is 40.5 Å². The van der Waals surface area contributed by atoms with Crippen molar-refractivity contribution in [2.75, 3.05) is 39.5 Å². The zero-order valence-electron chi connectivity index (χ0n) is 43.7. The van der Waals surface area contributed by atoms with E-state index in [1.165, 1.54) is 6.20 Å². The fourth-order valence-electron chi connectivity index (χ4n) is 9.32. The molecule has 0 aromatic heterocycles. The van der Waals surface area contributed by atoms with Crippen LogP contribution in [0.15, 0.2) is 90.8 Å². The molecule has 72 heavy (non-hydrogen) atoms. The molecule has 4 atom stereocenters. The molecule has 1 heterocycles. The first-order chi connectivity index (χ1) is 34.3. The van der Waals surface area contributed by atoms with Crippen LogP contribution in [-0.4, -0.2) is 91.2 Å². The molecule has 0 bridgehead atoms. The van der Waals surface area contributed by atoms with Gasteiger partial charge in [-0.25, -0.2) is 0 Å². The number of amides is 2. The van der Waals surface area contributed by atoms with E-state index in [1.54, 1.807) is 26.0 Å². The second-order valence-corrected chi connectivity index (χ2v) is 21.6. The van der Waals surface area contributed by atoms with E-state index in [1.807, 2.05) is 101 Å².